The number of rotatable bonds is 24. The summed E-state index contributed by atoms with van der Waals surface area (Å²) < 4.78 is 88.9. The highest BCUT2D eigenvalue weighted by Crippen LogP contribution is 2.76. The number of allylic oxidation sites excluding steroid dienone is 2. The first-order valence-corrected chi connectivity index (χ1v) is 39.3. The van der Waals surface area contributed by atoms with Crippen LogP contribution in [0.25, 0.3) is 0 Å². The van der Waals surface area contributed by atoms with Crippen LogP contribution < -0.4 is 0 Å². The van der Waals surface area contributed by atoms with Crippen molar-refractivity contribution in [3.8, 4) is 0 Å². The van der Waals surface area contributed by atoms with Crippen LogP contribution in [-0.4, -0.2) is 311 Å². The molecule has 35 heteroatoms. The molecule has 14 N–H and O–H groups in total. The summed E-state index contributed by atoms with van der Waals surface area (Å²) in [5.74, 6) is -6.70. The van der Waals surface area contributed by atoms with Gasteiger partial charge >= 0.3 is 35.8 Å². The van der Waals surface area contributed by atoms with E-state index in [1.807, 2.05) is 6.92 Å². The number of esters is 6. The average molecular weight is 1610 g/mol. The van der Waals surface area contributed by atoms with Gasteiger partial charge in [0.2, 0.25) is 6.29 Å². The van der Waals surface area contributed by atoms with Gasteiger partial charge in [-0.15, -0.1) is 0 Å². The van der Waals surface area contributed by atoms with Crippen molar-refractivity contribution in [2.75, 3.05) is 13.2 Å². The Morgan fingerprint density at radius 1 is 0.491 bits per heavy atom. The highest BCUT2D eigenvalue weighted by atomic mass is 16.8. The summed E-state index contributed by atoms with van der Waals surface area (Å²) in [5, 5.41) is 158. The summed E-state index contributed by atoms with van der Waals surface area (Å²) in [6.45, 7) is 23.7. The molecule has 0 aromatic rings. The van der Waals surface area contributed by atoms with Crippen molar-refractivity contribution >= 4 is 35.8 Å². The van der Waals surface area contributed by atoms with Gasteiger partial charge in [-0.2, -0.15) is 0 Å². The number of carbonyl (C=O) groups excluding carboxylic acids is 6. The van der Waals surface area contributed by atoms with Gasteiger partial charge in [0, 0.05) is 12.3 Å². The topological polar surface area (TPSA) is 524 Å². The number of ether oxygens (including phenoxy) is 15. The van der Waals surface area contributed by atoms with Gasteiger partial charge in [-0.25, -0.2) is 0 Å². The number of aliphatic hydroxyl groups excluding tert-OH is 14. The summed E-state index contributed by atoms with van der Waals surface area (Å²) >= 11 is 0. The molecule has 35 nitrogen and oxygen atoms in total. The van der Waals surface area contributed by atoms with Crippen molar-refractivity contribution in [1.29, 1.82) is 0 Å². The van der Waals surface area contributed by atoms with Gasteiger partial charge in [-0.1, -0.05) is 53.2 Å². The molecule has 5 heterocycles. The quantitative estimate of drug-likeness (QED) is 0.0246. The molecule has 9 fully saturated rings. The summed E-state index contributed by atoms with van der Waals surface area (Å²) in [6.07, 6.45) is -45.0. The minimum absolute atomic E-state index is 0.0326. The van der Waals surface area contributed by atoms with Crippen LogP contribution >= 0.6 is 0 Å². The van der Waals surface area contributed by atoms with E-state index in [4.69, 9.17) is 71.1 Å². The Balaban J connectivity index is 0.907. The Labute approximate surface area is 651 Å². The lowest BCUT2D eigenvalue weighted by atomic mass is 9.33. The molecule has 5 aliphatic carbocycles. The predicted molar refractivity (Wildman–Crippen MR) is 378 cm³/mol. The Hall–Kier alpha value is -4.36. The predicted octanol–water partition coefficient (Wildman–Crippen LogP) is -0.690. The van der Waals surface area contributed by atoms with E-state index >= 15 is 4.79 Å². The fraction of sp³-hybridized carbons (Fsp3) is 0.896. The Bertz CT molecular complexity index is 3320. The van der Waals surface area contributed by atoms with E-state index in [9.17, 15) is 95.5 Å². The molecule has 0 aromatic carbocycles. The van der Waals surface area contributed by atoms with E-state index in [1.165, 1.54) is 55.4 Å². The summed E-state index contributed by atoms with van der Waals surface area (Å²) in [7, 11) is 0. The van der Waals surface area contributed by atoms with Crippen LogP contribution in [0.4, 0.5) is 0 Å². The Morgan fingerprint density at radius 2 is 1.00 bits per heavy atom. The van der Waals surface area contributed by atoms with Crippen LogP contribution in [-0.2, 0) is 99.8 Å². The fourth-order valence-corrected chi connectivity index (χ4v) is 20.3. The van der Waals surface area contributed by atoms with Crippen LogP contribution in [0.15, 0.2) is 11.6 Å². The number of aliphatic hydroxyl groups is 14. The second-order valence-electron chi connectivity index (χ2n) is 35.3. The van der Waals surface area contributed by atoms with Crippen molar-refractivity contribution in [2.24, 2.45) is 50.2 Å². The molecule has 0 bridgehead atoms. The van der Waals surface area contributed by atoms with Crippen molar-refractivity contribution in [1.82, 2.24) is 0 Å². The fourth-order valence-electron chi connectivity index (χ4n) is 20.3. The zero-order chi connectivity index (χ0) is 82.9. The third kappa shape index (κ3) is 17.7. The van der Waals surface area contributed by atoms with E-state index in [1.54, 1.807) is 0 Å². The molecule has 0 aromatic heterocycles. The Morgan fingerprint density at radius 3 is 1.56 bits per heavy atom. The maximum Gasteiger partial charge on any atom is 0.317 e. The molecule has 10 rings (SSSR count). The summed E-state index contributed by atoms with van der Waals surface area (Å²) in [5.41, 5.74) is -4.57. The summed E-state index contributed by atoms with van der Waals surface area (Å²) in [6, 6.07) is 0. The minimum Gasteiger partial charge on any atom is -0.462 e. The highest BCUT2D eigenvalue weighted by molar-refractivity contribution is 5.80. The van der Waals surface area contributed by atoms with E-state index in [0.717, 1.165) is 12.5 Å². The normalized spacial score (nSPS) is 47.0. The SMILES string of the molecule is CC(=O)O[C@H]1[C@H](O[C@H]2[C@H](OC(=O)[C@]34CCC(C)(C)C[C@H]3C3=CC[C@@H]5[C@]6(C)C[C@H](O)[C@H](O[C@@H]7O[C@@H](C)[C@H](O)[C@@H](O)[C@H]7O)[C@@](C)(CO)[C@@H]6CC[C@@]5(C)[C@]3(C)C[C@H]4O)O[C@H](C)[C@H](OC(=O)C[C@H](C)OC(=O)C[C@H](C)OC(=O)C[C@H](C)OC(=O)C[C@H](C)O)[C@@H]2O)O[C@@H](C)[C@H](O[C@@H]2OC[C@@H](O)[C@H](O[C@@H]3O[C@@H](C)[C@H](O)[C@@H](O)[C@H]3O)[C@H]2O)[C@H]1O. The van der Waals surface area contributed by atoms with Gasteiger partial charge in [-0.3, -0.25) is 28.8 Å². The largest absolute Gasteiger partial charge is 0.462 e. The molecule has 5 saturated heterocycles. The van der Waals surface area contributed by atoms with Crippen LogP contribution in [0.3, 0.4) is 0 Å². The first kappa shape index (κ1) is 90.0. The molecule has 10 aliphatic rings. The number of carbonyl (C=O) groups is 6. The molecule has 0 unspecified atom stereocenters. The first-order valence-electron chi connectivity index (χ1n) is 39.3. The van der Waals surface area contributed by atoms with E-state index < -0.39 is 290 Å². The lowest BCUT2D eigenvalue weighted by Crippen LogP contribution is -2.70. The van der Waals surface area contributed by atoms with Gasteiger partial charge in [0.25, 0.3) is 0 Å². The zero-order valence-electron chi connectivity index (χ0n) is 66.4. The van der Waals surface area contributed by atoms with Crippen molar-refractivity contribution in [3.63, 3.8) is 0 Å². The van der Waals surface area contributed by atoms with Crippen LogP contribution in [0.2, 0.25) is 0 Å². The van der Waals surface area contributed by atoms with Crippen molar-refractivity contribution < 1.29 is 171 Å². The van der Waals surface area contributed by atoms with Crippen molar-refractivity contribution in [3.05, 3.63) is 11.6 Å². The lowest BCUT2D eigenvalue weighted by molar-refractivity contribution is -0.380. The number of hydrogen-bond acceptors (Lipinski definition) is 35. The molecule has 4 saturated carbocycles. The van der Waals surface area contributed by atoms with Crippen LogP contribution in [0, 0.1) is 50.2 Å². The second kappa shape index (κ2) is 34.9. The average Bonchev–Trinajstić information content (AvgIpc) is 0.668. The molecule has 0 radical (unpaired) electrons. The van der Waals surface area contributed by atoms with Gasteiger partial charge in [0.05, 0.1) is 87.7 Å². The molecular formula is C77H122O35. The number of hydrogen-bond donors (Lipinski definition) is 14. The maximum atomic E-state index is 16.2. The smallest absolute Gasteiger partial charge is 0.317 e. The molecule has 0 spiro atoms. The maximum absolute atomic E-state index is 16.2. The van der Waals surface area contributed by atoms with Crippen LogP contribution in [0.1, 0.15) is 181 Å². The highest BCUT2D eigenvalue weighted by Gasteiger charge is 2.74. The molecule has 640 valence electrons. The monoisotopic (exact) mass is 1610 g/mol. The van der Waals surface area contributed by atoms with Gasteiger partial charge in [-0.05, 0) is 146 Å². The van der Waals surface area contributed by atoms with Gasteiger partial charge < -0.3 is 143 Å². The third-order valence-corrected chi connectivity index (χ3v) is 26.4. The minimum atomic E-state index is -2.09. The first-order chi connectivity index (χ1) is 52.2. The summed E-state index contributed by atoms with van der Waals surface area (Å²) in [4.78, 5) is 81.2. The molecular weight excluding hydrogens is 1480 g/mol. The molecule has 5 aliphatic heterocycles. The Kier molecular flexibility index (Phi) is 28.0. The zero-order valence-corrected chi connectivity index (χ0v) is 66.4. The van der Waals surface area contributed by atoms with Crippen LogP contribution in [0.5, 0.6) is 0 Å². The van der Waals surface area contributed by atoms with Crippen molar-refractivity contribution in [2.45, 2.75) is 371 Å². The van der Waals surface area contributed by atoms with E-state index in [2.05, 4.69) is 40.7 Å². The third-order valence-electron chi connectivity index (χ3n) is 26.4. The van der Waals surface area contributed by atoms with Gasteiger partial charge in [0.1, 0.15) is 97.0 Å². The van der Waals surface area contributed by atoms with E-state index in [-0.39, 0.29) is 43.9 Å². The number of fused-ring (bicyclic) bond motifs is 7. The molecule has 112 heavy (non-hydrogen) atoms. The van der Waals surface area contributed by atoms with Gasteiger partial charge in [0.15, 0.2) is 43.5 Å². The molecule has 39 atom stereocenters. The van der Waals surface area contributed by atoms with E-state index in [0.29, 0.717) is 32.1 Å². The second-order valence-corrected chi connectivity index (χ2v) is 35.3. The lowest BCUT2D eigenvalue weighted by Gasteiger charge is -2.72. The standard InChI is InChI=1S/C77H122O35/c1-31(79)22-47(84)99-32(2)23-48(85)100-33(3)24-49(86)101-34(4)25-50(87)107-60-37(7)105-70(64(57(60)94)110-69-63(106-39(9)80)58(95)61(38(8)104-69)108-66-59(96)62(43(82)29-98-66)109-67-55(92)53(90)51(88)35(5)102-67)112-71(97)77-21-20-72(10,11)26-41(77)40-16-17-45-73(12)27-42(81)65(111-68-56(93)54(91)52(89)36(6)103-68)74(13,30-78)44(73)18-19-75(45,14)76(40,15)28-46(77)83/h16,31-38,41-46,51-70,78-79,81-83,88-96H,17-30H2,1-15H3/t31-,32-,33-,34-,35-,36-,37+,38-,41-,42-,43+,44+,45+,46+,51-,52-,53+,54+,55+,56+,57-,58+,59+,60-,61-,62-,63+,64+,65-,66-,67-,68-,69-,70-,73+,74-,75+,76+,77+/m0/s1. The molecule has 0 amide bonds.